The first-order valence-corrected chi connectivity index (χ1v) is 6.35. The third kappa shape index (κ3) is 3.00. The first-order chi connectivity index (χ1) is 7.97. The number of nitrogens with one attached hydrogen (secondary N) is 1. The number of hydrogen-bond acceptors (Lipinski definition) is 3. The molecule has 0 unspecified atom stereocenters. The van der Waals surface area contributed by atoms with Crippen molar-refractivity contribution >= 4 is 5.82 Å². The SMILES string of the molecule is Cn1nc(NC2CCOCC2)cc1C(C)(C)C. The largest absolute Gasteiger partial charge is 0.381 e. The van der Waals surface area contributed by atoms with Crippen molar-refractivity contribution in [2.75, 3.05) is 18.5 Å². The van der Waals surface area contributed by atoms with Crippen molar-refractivity contribution in [2.45, 2.75) is 45.1 Å². The fraction of sp³-hybridized carbons (Fsp3) is 0.769. The highest BCUT2D eigenvalue weighted by atomic mass is 16.5. The molecule has 0 radical (unpaired) electrons. The molecule has 1 aromatic rings. The van der Waals surface area contributed by atoms with Crippen molar-refractivity contribution in [3.63, 3.8) is 0 Å². The summed E-state index contributed by atoms with van der Waals surface area (Å²) in [5.41, 5.74) is 1.39. The van der Waals surface area contributed by atoms with Gasteiger partial charge in [0.15, 0.2) is 0 Å². The van der Waals surface area contributed by atoms with E-state index in [1.54, 1.807) is 0 Å². The third-order valence-electron chi connectivity index (χ3n) is 3.22. The number of hydrogen-bond donors (Lipinski definition) is 1. The van der Waals surface area contributed by atoms with Gasteiger partial charge in [-0.3, -0.25) is 4.68 Å². The lowest BCUT2D eigenvalue weighted by atomic mass is 9.92. The van der Waals surface area contributed by atoms with E-state index in [4.69, 9.17) is 4.74 Å². The summed E-state index contributed by atoms with van der Waals surface area (Å²) in [6.07, 6.45) is 2.14. The summed E-state index contributed by atoms with van der Waals surface area (Å²) in [5.74, 6) is 0.990. The van der Waals surface area contributed by atoms with Crippen LogP contribution < -0.4 is 5.32 Å². The van der Waals surface area contributed by atoms with Crippen molar-refractivity contribution < 1.29 is 4.74 Å². The summed E-state index contributed by atoms with van der Waals surface area (Å²) in [4.78, 5) is 0. The zero-order valence-electron chi connectivity index (χ0n) is 11.3. The van der Waals surface area contributed by atoms with Gasteiger partial charge in [-0.2, -0.15) is 5.10 Å². The van der Waals surface area contributed by atoms with Crippen molar-refractivity contribution in [3.8, 4) is 0 Å². The van der Waals surface area contributed by atoms with E-state index in [9.17, 15) is 0 Å². The Morgan fingerprint density at radius 2 is 2.00 bits per heavy atom. The van der Waals surface area contributed by atoms with Gasteiger partial charge in [-0.05, 0) is 12.8 Å². The van der Waals surface area contributed by atoms with E-state index in [1.807, 2.05) is 11.7 Å². The highest BCUT2D eigenvalue weighted by Gasteiger charge is 2.21. The van der Waals surface area contributed by atoms with Gasteiger partial charge in [0.05, 0.1) is 0 Å². The zero-order chi connectivity index (χ0) is 12.5. The normalized spacial score (nSPS) is 18.4. The molecule has 0 amide bonds. The summed E-state index contributed by atoms with van der Waals surface area (Å²) in [7, 11) is 2.01. The highest BCUT2D eigenvalue weighted by Crippen LogP contribution is 2.25. The first kappa shape index (κ1) is 12.4. The molecule has 0 atom stereocenters. The molecule has 4 nitrogen and oxygen atoms in total. The second kappa shape index (κ2) is 4.69. The standard InChI is InChI=1S/C13H23N3O/c1-13(2,3)11-9-12(15-16(11)4)14-10-5-7-17-8-6-10/h9-10H,5-8H2,1-4H3,(H,14,15). The zero-order valence-corrected chi connectivity index (χ0v) is 11.3. The maximum Gasteiger partial charge on any atom is 0.148 e. The number of aryl methyl sites for hydroxylation is 1. The molecule has 1 aromatic heterocycles. The smallest absolute Gasteiger partial charge is 0.148 e. The molecule has 0 bridgehead atoms. The second-order valence-electron chi connectivity index (χ2n) is 5.82. The monoisotopic (exact) mass is 237 g/mol. The Labute approximate surface area is 103 Å². The lowest BCUT2D eigenvalue weighted by Crippen LogP contribution is -2.28. The maximum atomic E-state index is 5.35. The summed E-state index contributed by atoms with van der Waals surface area (Å²) >= 11 is 0. The highest BCUT2D eigenvalue weighted by molar-refractivity contribution is 5.39. The van der Waals surface area contributed by atoms with Crippen LogP contribution >= 0.6 is 0 Å². The molecule has 0 aromatic carbocycles. The van der Waals surface area contributed by atoms with Crippen molar-refractivity contribution in [2.24, 2.45) is 7.05 Å². The van der Waals surface area contributed by atoms with E-state index in [0.717, 1.165) is 31.9 Å². The predicted octanol–water partition coefficient (Wildman–Crippen LogP) is 2.31. The minimum absolute atomic E-state index is 0.136. The van der Waals surface area contributed by atoms with Crippen LogP contribution in [0.2, 0.25) is 0 Å². The number of nitrogens with zero attached hydrogens (tertiary/aromatic N) is 2. The van der Waals surface area contributed by atoms with Crippen LogP contribution in [-0.4, -0.2) is 29.0 Å². The Bertz CT molecular complexity index is 373. The molecule has 1 N–H and O–H groups in total. The van der Waals surface area contributed by atoms with E-state index in [2.05, 4.69) is 37.3 Å². The van der Waals surface area contributed by atoms with E-state index in [-0.39, 0.29) is 5.41 Å². The summed E-state index contributed by atoms with van der Waals surface area (Å²) in [6.45, 7) is 8.35. The summed E-state index contributed by atoms with van der Waals surface area (Å²) in [5, 5.41) is 8.04. The number of anilines is 1. The van der Waals surface area contributed by atoms with E-state index in [1.165, 1.54) is 5.69 Å². The lowest BCUT2D eigenvalue weighted by Gasteiger charge is -2.22. The second-order valence-corrected chi connectivity index (χ2v) is 5.82. The molecule has 1 saturated heterocycles. The Kier molecular flexibility index (Phi) is 3.43. The average Bonchev–Trinajstić information content (AvgIpc) is 2.60. The Morgan fingerprint density at radius 1 is 1.35 bits per heavy atom. The van der Waals surface area contributed by atoms with Crippen molar-refractivity contribution in [3.05, 3.63) is 11.8 Å². The van der Waals surface area contributed by atoms with Gasteiger partial charge >= 0.3 is 0 Å². The molecule has 4 heteroatoms. The molecule has 2 rings (SSSR count). The van der Waals surface area contributed by atoms with Gasteiger partial charge in [-0.15, -0.1) is 0 Å². The van der Waals surface area contributed by atoms with Gasteiger partial charge in [0.1, 0.15) is 5.82 Å². The molecule has 0 saturated carbocycles. The number of ether oxygens (including phenoxy) is 1. The number of aromatic nitrogens is 2. The quantitative estimate of drug-likeness (QED) is 0.858. The van der Waals surface area contributed by atoms with Gasteiger partial charge in [0.2, 0.25) is 0 Å². The van der Waals surface area contributed by atoms with Crippen molar-refractivity contribution in [1.29, 1.82) is 0 Å². The Morgan fingerprint density at radius 3 is 2.53 bits per heavy atom. The first-order valence-electron chi connectivity index (χ1n) is 6.35. The van der Waals surface area contributed by atoms with Crippen LogP contribution in [0.15, 0.2) is 6.07 Å². The van der Waals surface area contributed by atoms with Gasteiger partial charge in [-0.1, -0.05) is 20.8 Å². The van der Waals surface area contributed by atoms with E-state index in [0.29, 0.717) is 6.04 Å². The molecule has 0 aliphatic carbocycles. The molecule has 1 fully saturated rings. The van der Waals surface area contributed by atoms with E-state index >= 15 is 0 Å². The van der Waals surface area contributed by atoms with Crippen LogP contribution in [0, 0.1) is 0 Å². The molecule has 1 aliphatic rings. The minimum Gasteiger partial charge on any atom is -0.381 e. The molecule has 1 aliphatic heterocycles. The van der Waals surface area contributed by atoms with Crippen LogP contribution in [0.1, 0.15) is 39.3 Å². The molecule has 0 spiro atoms. The van der Waals surface area contributed by atoms with Gasteiger partial charge in [0.25, 0.3) is 0 Å². The van der Waals surface area contributed by atoms with Crippen LogP contribution in [0.5, 0.6) is 0 Å². The number of rotatable bonds is 2. The van der Waals surface area contributed by atoms with Gasteiger partial charge < -0.3 is 10.1 Å². The minimum atomic E-state index is 0.136. The van der Waals surface area contributed by atoms with Crippen LogP contribution in [-0.2, 0) is 17.2 Å². The van der Waals surface area contributed by atoms with Gasteiger partial charge in [0, 0.05) is 43.5 Å². The Hall–Kier alpha value is -1.03. The molecule has 96 valence electrons. The topological polar surface area (TPSA) is 39.1 Å². The summed E-state index contributed by atoms with van der Waals surface area (Å²) < 4.78 is 7.33. The van der Waals surface area contributed by atoms with E-state index < -0.39 is 0 Å². The van der Waals surface area contributed by atoms with Crippen LogP contribution in [0.4, 0.5) is 5.82 Å². The lowest BCUT2D eigenvalue weighted by molar-refractivity contribution is 0.0904. The molecule has 17 heavy (non-hydrogen) atoms. The molecular weight excluding hydrogens is 214 g/mol. The predicted molar refractivity (Wildman–Crippen MR) is 69.4 cm³/mol. The fourth-order valence-electron chi connectivity index (χ4n) is 2.29. The molecular formula is C13H23N3O. The summed E-state index contributed by atoms with van der Waals surface area (Å²) in [6, 6.07) is 2.67. The maximum absolute atomic E-state index is 5.35. The van der Waals surface area contributed by atoms with Crippen LogP contribution in [0.3, 0.4) is 0 Å². The van der Waals surface area contributed by atoms with Crippen LogP contribution in [0.25, 0.3) is 0 Å². The Balaban J connectivity index is 2.06. The molecule has 2 heterocycles. The average molecular weight is 237 g/mol. The third-order valence-corrected chi connectivity index (χ3v) is 3.22. The van der Waals surface area contributed by atoms with Gasteiger partial charge in [-0.25, -0.2) is 0 Å². The van der Waals surface area contributed by atoms with Crippen molar-refractivity contribution in [1.82, 2.24) is 9.78 Å². The fourth-order valence-corrected chi connectivity index (χ4v) is 2.29.